The van der Waals surface area contributed by atoms with Gasteiger partial charge in [0.1, 0.15) is 12.1 Å². The fourth-order valence-corrected chi connectivity index (χ4v) is 7.43. The number of methoxy groups -OCH3 is 2. The first kappa shape index (κ1) is 33.9. The molecule has 0 aromatic heterocycles. The standard InChI is InChI=1S/C36H46N4O7/c1-22-36(45)40-20-25-15-27(21-39(19-25)34(43)17-26-16-31(46-3)32(47-4)18-28(26)23(2)41)30(40)11-8-12-33(42)38-29(35(44)37-22)14-13-24-9-6-5-7-10-24/h5-7,9-10,16,18,22,25,27,29-30H,8,11-15,17,19-21H2,1-4H3,(H,37,44)(H,38,42)/t22-,25+,27-,29+,30+/m1/s1. The Labute approximate surface area is 276 Å². The molecule has 2 N–H and O–H groups in total. The van der Waals surface area contributed by atoms with Gasteiger partial charge in [-0.05, 0) is 81.0 Å². The summed E-state index contributed by atoms with van der Waals surface area (Å²) < 4.78 is 10.8. The zero-order chi connectivity index (χ0) is 33.7. The number of aryl methyl sites for hydroxylation is 1. The van der Waals surface area contributed by atoms with E-state index < -0.39 is 12.1 Å². The van der Waals surface area contributed by atoms with E-state index in [0.717, 1.165) is 12.0 Å². The zero-order valence-electron chi connectivity index (χ0n) is 27.8. The van der Waals surface area contributed by atoms with E-state index in [0.29, 0.717) is 67.9 Å². The molecule has 2 aromatic carbocycles. The third-order valence-corrected chi connectivity index (χ3v) is 9.78. The van der Waals surface area contributed by atoms with Crippen LogP contribution in [0.1, 0.15) is 67.4 Å². The number of nitrogens with zero attached hydrogens (tertiary/aromatic N) is 2. The number of amides is 4. The average Bonchev–Trinajstić information content (AvgIpc) is 3.06. The molecule has 5 rings (SSSR count). The Bertz CT molecular complexity index is 1500. The number of likely N-dealkylation sites (tertiary alicyclic amines) is 1. The predicted molar refractivity (Wildman–Crippen MR) is 175 cm³/mol. The topological polar surface area (TPSA) is 134 Å². The number of hydrogen-bond acceptors (Lipinski definition) is 7. The number of benzene rings is 2. The second kappa shape index (κ2) is 15.0. The second-order valence-corrected chi connectivity index (χ2v) is 13.1. The number of ether oxygens (including phenoxy) is 2. The van der Waals surface area contributed by atoms with Crippen LogP contribution < -0.4 is 20.1 Å². The van der Waals surface area contributed by atoms with Crippen molar-refractivity contribution in [3.63, 3.8) is 0 Å². The molecule has 5 atom stereocenters. The highest BCUT2D eigenvalue weighted by molar-refractivity contribution is 5.98. The maximum Gasteiger partial charge on any atom is 0.245 e. The van der Waals surface area contributed by atoms with E-state index in [-0.39, 0.29) is 60.1 Å². The first-order chi connectivity index (χ1) is 22.6. The first-order valence-electron chi connectivity index (χ1n) is 16.6. The van der Waals surface area contributed by atoms with Gasteiger partial charge in [-0.15, -0.1) is 0 Å². The van der Waals surface area contributed by atoms with Gasteiger partial charge in [-0.3, -0.25) is 24.0 Å². The van der Waals surface area contributed by atoms with E-state index in [1.54, 1.807) is 19.1 Å². The van der Waals surface area contributed by atoms with Crippen LogP contribution in [0.2, 0.25) is 0 Å². The van der Waals surface area contributed by atoms with Crippen molar-refractivity contribution in [2.75, 3.05) is 33.9 Å². The summed E-state index contributed by atoms with van der Waals surface area (Å²) in [5.74, 6) is 0.0394. The van der Waals surface area contributed by atoms with Gasteiger partial charge in [0.05, 0.1) is 20.6 Å². The minimum atomic E-state index is -0.757. The SMILES string of the molecule is COc1cc(CC(=O)N2C[C@@H]3C[C@H](C2)[C@@H]2CCCC(=O)N[C@@H](CCc4ccccc4)C(=O)N[C@H](C)C(=O)N2C3)c(C(C)=O)cc1OC. The third kappa shape index (κ3) is 7.94. The van der Waals surface area contributed by atoms with Crippen LogP contribution in [0.5, 0.6) is 11.5 Å². The quantitative estimate of drug-likeness (QED) is 0.422. The van der Waals surface area contributed by atoms with Crippen LogP contribution in [-0.4, -0.2) is 91.2 Å². The number of Topliss-reactive ketones (excluding diaryl/α,β-unsaturated/α-hetero) is 1. The van der Waals surface area contributed by atoms with Crippen LogP contribution in [-0.2, 0) is 32.0 Å². The van der Waals surface area contributed by atoms with Crippen LogP contribution in [0.3, 0.4) is 0 Å². The number of hydrogen-bond donors (Lipinski definition) is 2. The van der Waals surface area contributed by atoms with E-state index in [2.05, 4.69) is 10.6 Å². The van der Waals surface area contributed by atoms with Crippen molar-refractivity contribution < 1.29 is 33.4 Å². The van der Waals surface area contributed by atoms with Crippen molar-refractivity contribution in [3.8, 4) is 11.5 Å². The van der Waals surface area contributed by atoms with Crippen LogP contribution in [0.4, 0.5) is 0 Å². The van der Waals surface area contributed by atoms with Crippen LogP contribution in [0, 0.1) is 11.8 Å². The minimum absolute atomic E-state index is 0.0283. The van der Waals surface area contributed by atoms with Gasteiger partial charge in [-0.25, -0.2) is 0 Å². The average molecular weight is 647 g/mol. The lowest BCUT2D eigenvalue weighted by atomic mass is 9.77. The molecule has 2 bridgehead atoms. The molecule has 3 aliphatic heterocycles. The van der Waals surface area contributed by atoms with Crippen molar-refractivity contribution in [2.45, 2.75) is 76.9 Å². The fraction of sp³-hybridized carbons (Fsp3) is 0.528. The van der Waals surface area contributed by atoms with E-state index in [1.165, 1.54) is 21.1 Å². The molecule has 0 aliphatic carbocycles. The third-order valence-electron chi connectivity index (χ3n) is 9.78. The molecule has 3 fully saturated rings. The van der Waals surface area contributed by atoms with E-state index in [9.17, 15) is 24.0 Å². The number of nitrogens with one attached hydrogen (secondary N) is 2. The van der Waals surface area contributed by atoms with Crippen LogP contribution >= 0.6 is 0 Å². The van der Waals surface area contributed by atoms with Crippen molar-refractivity contribution in [1.29, 1.82) is 0 Å². The van der Waals surface area contributed by atoms with Gasteiger partial charge in [-0.1, -0.05) is 30.3 Å². The summed E-state index contributed by atoms with van der Waals surface area (Å²) in [5.41, 5.74) is 2.07. The Morgan fingerprint density at radius 3 is 2.38 bits per heavy atom. The summed E-state index contributed by atoms with van der Waals surface area (Å²) in [6, 6.07) is 11.5. The van der Waals surface area contributed by atoms with E-state index in [4.69, 9.17) is 9.47 Å². The first-order valence-corrected chi connectivity index (χ1v) is 16.6. The fourth-order valence-electron chi connectivity index (χ4n) is 7.43. The summed E-state index contributed by atoms with van der Waals surface area (Å²) in [4.78, 5) is 70.2. The second-order valence-electron chi connectivity index (χ2n) is 13.1. The predicted octanol–water partition coefficient (Wildman–Crippen LogP) is 2.93. The van der Waals surface area contributed by atoms with Gasteiger partial charge in [0, 0.05) is 37.7 Å². The molecule has 0 spiro atoms. The number of ketones is 1. The summed E-state index contributed by atoms with van der Waals surface area (Å²) in [6.07, 6.45) is 3.40. The molecule has 0 unspecified atom stereocenters. The number of carbonyl (C=O) groups is 5. The Morgan fingerprint density at radius 2 is 1.68 bits per heavy atom. The Kier molecular flexibility index (Phi) is 10.8. The van der Waals surface area contributed by atoms with E-state index in [1.807, 2.05) is 40.1 Å². The molecule has 0 radical (unpaired) electrons. The molecule has 252 valence electrons. The summed E-state index contributed by atoms with van der Waals surface area (Å²) in [7, 11) is 3.01. The van der Waals surface area contributed by atoms with Gasteiger partial charge in [0.15, 0.2) is 17.3 Å². The van der Waals surface area contributed by atoms with Gasteiger partial charge < -0.3 is 29.9 Å². The lowest BCUT2D eigenvalue weighted by Crippen LogP contribution is -2.63. The lowest BCUT2D eigenvalue weighted by Gasteiger charge is -2.51. The van der Waals surface area contributed by atoms with E-state index >= 15 is 0 Å². The highest BCUT2D eigenvalue weighted by atomic mass is 16.5. The smallest absolute Gasteiger partial charge is 0.245 e. The zero-order valence-corrected chi connectivity index (χ0v) is 27.8. The molecule has 0 saturated carbocycles. The van der Waals surface area contributed by atoms with Gasteiger partial charge in [-0.2, -0.15) is 0 Å². The normalized spacial score (nSPS) is 25.0. The van der Waals surface area contributed by atoms with Crippen LogP contribution in [0.25, 0.3) is 0 Å². The Balaban J connectivity index is 1.29. The number of piperidine rings is 2. The number of rotatable bonds is 8. The molecule has 2 aromatic rings. The molecule has 3 saturated heterocycles. The highest BCUT2D eigenvalue weighted by Crippen LogP contribution is 2.37. The van der Waals surface area contributed by atoms with Gasteiger partial charge in [0.25, 0.3) is 0 Å². The van der Waals surface area contributed by atoms with Crippen molar-refractivity contribution in [3.05, 3.63) is 59.2 Å². The van der Waals surface area contributed by atoms with Gasteiger partial charge >= 0.3 is 0 Å². The summed E-state index contributed by atoms with van der Waals surface area (Å²) in [6.45, 7) is 4.61. The molecule has 4 amide bonds. The number of fused-ring (bicyclic) bond motifs is 4. The molecular weight excluding hydrogens is 600 g/mol. The molecule has 3 heterocycles. The molecular formula is C36H46N4O7. The van der Waals surface area contributed by atoms with Crippen molar-refractivity contribution in [2.24, 2.45) is 11.8 Å². The summed E-state index contributed by atoms with van der Waals surface area (Å²) >= 11 is 0. The maximum atomic E-state index is 13.9. The van der Waals surface area contributed by atoms with Crippen molar-refractivity contribution in [1.82, 2.24) is 20.4 Å². The highest BCUT2D eigenvalue weighted by Gasteiger charge is 2.44. The minimum Gasteiger partial charge on any atom is -0.493 e. The Hall–Kier alpha value is -4.41. The lowest BCUT2D eigenvalue weighted by molar-refractivity contribution is -0.148. The van der Waals surface area contributed by atoms with Crippen LogP contribution in [0.15, 0.2) is 42.5 Å². The largest absolute Gasteiger partial charge is 0.493 e. The summed E-state index contributed by atoms with van der Waals surface area (Å²) in [5, 5.41) is 5.79. The number of carbonyl (C=O) groups excluding carboxylic acids is 5. The van der Waals surface area contributed by atoms with Crippen molar-refractivity contribution >= 4 is 29.4 Å². The molecule has 11 nitrogen and oxygen atoms in total. The molecule has 11 heteroatoms. The monoisotopic (exact) mass is 646 g/mol. The molecule has 3 aliphatic rings. The maximum absolute atomic E-state index is 13.9. The van der Waals surface area contributed by atoms with Gasteiger partial charge in [0.2, 0.25) is 23.6 Å². The Morgan fingerprint density at radius 1 is 0.957 bits per heavy atom. The molecule has 47 heavy (non-hydrogen) atoms.